The second-order valence-corrected chi connectivity index (χ2v) is 7.35. The maximum Gasteiger partial charge on any atom is 0.328 e. The van der Waals surface area contributed by atoms with Crippen molar-refractivity contribution in [3.05, 3.63) is 32.6 Å². The van der Waals surface area contributed by atoms with Gasteiger partial charge < -0.3 is 19.7 Å². The number of nitrogens with one attached hydrogen (secondary N) is 2. The van der Waals surface area contributed by atoms with Gasteiger partial charge in [-0.05, 0) is 32.6 Å². The van der Waals surface area contributed by atoms with Crippen molar-refractivity contribution in [3.8, 4) is 0 Å². The first kappa shape index (κ1) is 19.2. The third kappa shape index (κ3) is 3.91. The van der Waals surface area contributed by atoms with E-state index in [2.05, 4.69) is 10.3 Å². The minimum absolute atomic E-state index is 0.0117. The van der Waals surface area contributed by atoms with Gasteiger partial charge in [0.05, 0.1) is 6.04 Å². The third-order valence-corrected chi connectivity index (χ3v) is 5.57. The van der Waals surface area contributed by atoms with Crippen LogP contribution in [0.5, 0.6) is 0 Å². The van der Waals surface area contributed by atoms with Crippen molar-refractivity contribution in [1.82, 2.24) is 24.7 Å². The van der Waals surface area contributed by atoms with Gasteiger partial charge in [0.25, 0.3) is 11.5 Å². The Morgan fingerprint density at radius 1 is 1.22 bits per heavy atom. The predicted molar refractivity (Wildman–Crippen MR) is 99.7 cm³/mol. The monoisotopic (exact) mass is 377 g/mol. The average molecular weight is 377 g/mol. The van der Waals surface area contributed by atoms with Crippen LogP contribution < -0.4 is 16.6 Å². The molecule has 1 aromatic rings. The van der Waals surface area contributed by atoms with E-state index in [1.807, 2.05) is 13.8 Å². The Morgan fingerprint density at radius 2 is 1.89 bits per heavy atom. The van der Waals surface area contributed by atoms with Crippen LogP contribution in [0.1, 0.15) is 37.0 Å². The summed E-state index contributed by atoms with van der Waals surface area (Å²) < 4.78 is 1.17. The van der Waals surface area contributed by atoms with E-state index >= 15 is 0 Å². The lowest BCUT2D eigenvalue weighted by atomic mass is 9.98. The van der Waals surface area contributed by atoms with Crippen LogP contribution in [0, 0.1) is 11.8 Å². The molecule has 0 radical (unpaired) electrons. The minimum Gasteiger partial charge on any atom is -0.347 e. The molecule has 1 saturated heterocycles. The zero-order valence-electron chi connectivity index (χ0n) is 16.0. The van der Waals surface area contributed by atoms with E-state index in [9.17, 15) is 19.2 Å². The van der Waals surface area contributed by atoms with Crippen molar-refractivity contribution in [2.24, 2.45) is 18.9 Å². The van der Waals surface area contributed by atoms with E-state index in [0.717, 1.165) is 12.8 Å². The first-order valence-corrected chi connectivity index (χ1v) is 9.50. The van der Waals surface area contributed by atoms with Gasteiger partial charge in [-0.1, -0.05) is 0 Å². The van der Waals surface area contributed by atoms with Crippen molar-refractivity contribution < 1.29 is 9.59 Å². The molecule has 0 spiro atoms. The molecular formula is C18H27N5O4. The summed E-state index contributed by atoms with van der Waals surface area (Å²) in [6.45, 7) is 6.23. The fraction of sp³-hybridized carbons (Fsp3) is 0.667. The summed E-state index contributed by atoms with van der Waals surface area (Å²) in [4.78, 5) is 54.5. The van der Waals surface area contributed by atoms with Crippen LogP contribution in [0.2, 0.25) is 0 Å². The molecule has 0 aromatic carbocycles. The van der Waals surface area contributed by atoms with Gasteiger partial charge in [-0.2, -0.15) is 0 Å². The molecule has 2 fully saturated rings. The van der Waals surface area contributed by atoms with Crippen molar-refractivity contribution in [1.29, 1.82) is 0 Å². The molecule has 1 aliphatic heterocycles. The largest absolute Gasteiger partial charge is 0.347 e. The van der Waals surface area contributed by atoms with Gasteiger partial charge in [0, 0.05) is 45.3 Å². The topological polar surface area (TPSA) is 108 Å². The standard InChI is InChI=1S/C18H27N5O4/c1-4-22(5-2)18(27)23-9-12(11-6-7-11)14(10-23)19-15(24)13-8-21(3)17(26)20-16(13)25/h8,11-12,14H,4-7,9-10H2,1-3H3,(H,19,24)(H,20,25,26)/t12-,14+/m1/s1. The number of aromatic amines is 1. The van der Waals surface area contributed by atoms with Gasteiger partial charge in [0.1, 0.15) is 5.56 Å². The second kappa shape index (κ2) is 7.58. The van der Waals surface area contributed by atoms with E-state index in [4.69, 9.17) is 0 Å². The predicted octanol–water partition coefficient (Wildman–Crippen LogP) is -0.0244. The number of likely N-dealkylation sites (tertiary alicyclic amines) is 1. The van der Waals surface area contributed by atoms with Gasteiger partial charge in [-0.15, -0.1) is 0 Å². The molecule has 3 rings (SSSR count). The first-order valence-electron chi connectivity index (χ1n) is 9.50. The van der Waals surface area contributed by atoms with E-state index in [1.54, 1.807) is 9.80 Å². The molecule has 1 aromatic heterocycles. The number of rotatable bonds is 5. The molecule has 1 aliphatic carbocycles. The van der Waals surface area contributed by atoms with Crippen LogP contribution >= 0.6 is 0 Å². The van der Waals surface area contributed by atoms with Crippen molar-refractivity contribution in [3.63, 3.8) is 0 Å². The number of hydrogen-bond acceptors (Lipinski definition) is 4. The van der Waals surface area contributed by atoms with Crippen LogP contribution in [0.4, 0.5) is 4.79 Å². The van der Waals surface area contributed by atoms with Crippen LogP contribution in [0.15, 0.2) is 15.8 Å². The Morgan fingerprint density at radius 3 is 2.48 bits per heavy atom. The van der Waals surface area contributed by atoms with Crippen LogP contribution in [-0.4, -0.2) is 63.5 Å². The van der Waals surface area contributed by atoms with Crippen LogP contribution in [-0.2, 0) is 7.05 Å². The summed E-state index contributed by atoms with van der Waals surface area (Å²) in [6.07, 6.45) is 3.45. The Kier molecular flexibility index (Phi) is 5.38. The summed E-state index contributed by atoms with van der Waals surface area (Å²) in [6, 6.07) is -0.205. The highest BCUT2D eigenvalue weighted by molar-refractivity contribution is 5.93. The smallest absolute Gasteiger partial charge is 0.328 e. The molecule has 2 N–H and O–H groups in total. The Hall–Kier alpha value is -2.58. The lowest BCUT2D eigenvalue weighted by Gasteiger charge is -2.26. The van der Waals surface area contributed by atoms with Crippen LogP contribution in [0.3, 0.4) is 0 Å². The number of urea groups is 1. The molecule has 148 valence electrons. The number of nitrogens with zero attached hydrogens (tertiary/aromatic N) is 3. The lowest BCUT2D eigenvalue weighted by molar-refractivity contribution is 0.0925. The van der Waals surface area contributed by atoms with E-state index in [1.165, 1.54) is 17.8 Å². The molecule has 3 amide bonds. The number of aryl methyl sites for hydroxylation is 1. The zero-order chi connectivity index (χ0) is 19.7. The molecule has 2 heterocycles. The lowest BCUT2D eigenvalue weighted by Crippen LogP contribution is -2.46. The molecule has 1 saturated carbocycles. The van der Waals surface area contributed by atoms with Crippen LogP contribution in [0.25, 0.3) is 0 Å². The molecular weight excluding hydrogens is 350 g/mol. The van der Waals surface area contributed by atoms with Crippen molar-refractivity contribution >= 4 is 11.9 Å². The minimum atomic E-state index is -0.701. The van der Waals surface area contributed by atoms with Crippen molar-refractivity contribution in [2.45, 2.75) is 32.7 Å². The summed E-state index contributed by atoms with van der Waals surface area (Å²) in [5.74, 6) is 0.183. The number of H-pyrrole nitrogens is 1. The van der Waals surface area contributed by atoms with E-state index in [0.29, 0.717) is 32.1 Å². The van der Waals surface area contributed by atoms with Gasteiger partial charge in [0.15, 0.2) is 0 Å². The number of aromatic nitrogens is 2. The Bertz CT molecular complexity index is 837. The number of hydrogen-bond donors (Lipinski definition) is 2. The fourth-order valence-corrected chi connectivity index (χ4v) is 3.81. The summed E-state index contributed by atoms with van der Waals surface area (Å²) >= 11 is 0. The zero-order valence-corrected chi connectivity index (χ0v) is 16.0. The molecule has 9 heteroatoms. The van der Waals surface area contributed by atoms with Gasteiger partial charge in [-0.3, -0.25) is 14.6 Å². The maximum atomic E-state index is 12.7. The van der Waals surface area contributed by atoms with E-state index < -0.39 is 17.2 Å². The number of amides is 3. The summed E-state index contributed by atoms with van der Waals surface area (Å²) in [5, 5.41) is 2.93. The number of carbonyl (C=O) groups excluding carboxylic acids is 2. The molecule has 2 atom stereocenters. The molecule has 9 nitrogen and oxygen atoms in total. The second-order valence-electron chi connectivity index (χ2n) is 7.35. The third-order valence-electron chi connectivity index (χ3n) is 5.57. The molecule has 0 bridgehead atoms. The molecule has 27 heavy (non-hydrogen) atoms. The Balaban J connectivity index is 1.76. The summed E-state index contributed by atoms with van der Waals surface area (Å²) in [7, 11) is 1.47. The first-order chi connectivity index (χ1) is 12.8. The number of carbonyl (C=O) groups is 2. The van der Waals surface area contributed by atoms with Gasteiger partial charge in [-0.25, -0.2) is 9.59 Å². The fourth-order valence-electron chi connectivity index (χ4n) is 3.81. The normalized spacial score (nSPS) is 22.0. The van der Waals surface area contributed by atoms with Gasteiger partial charge >= 0.3 is 11.7 Å². The molecule has 0 unspecified atom stereocenters. The van der Waals surface area contributed by atoms with Crippen molar-refractivity contribution in [2.75, 3.05) is 26.2 Å². The highest BCUT2D eigenvalue weighted by atomic mass is 16.2. The quantitative estimate of drug-likeness (QED) is 0.752. The molecule has 2 aliphatic rings. The summed E-state index contributed by atoms with van der Waals surface area (Å²) in [5.41, 5.74) is -1.36. The maximum absolute atomic E-state index is 12.7. The average Bonchev–Trinajstić information content (AvgIpc) is 3.39. The Labute approximate surface area is 157 Å². The van der Waals surface area contributed by atoms with E-state index in [-0.39, 0.29) is 23.6 Å². The van der Waals surface area contributed by atoms with Gasteiger partial charge in [0.2, 0.25) is 0 Å². The SMILES string of the molecule is CCN(CC)C(=O)N1C[C@H](NC(=O)c2cn(C)c(=O)[nH]c2=O)[C@@H](C2CC2)C1. The highest BCUT2D eigenvalue weighted by Crippen LogP contribution is 2.41. The highest BCUT2D eigenvalue weighted by Gasteiger charge is 2.45.